The number of para-hydroxylation sites is 2. The molecule has 24 heavy (non-hydrogen) atoms. The number of carboxylic acid groups (broad SMARTS) is 1. The summed E-state index contributed by atoms with van der Waals surface area (Å²) in [7, 11) is 0. The van der Waals surface area contributed by atoms with Gasteiger partial charge in [0, 0.05) is 23.1 Å². The van der Waals surface area contributed by atoms with Crippen LogP contribution in [-0.2, 0) is 4.79 Å². The van der Waals surface area contributed by atoms with Crippen molar-refractivity contribution in [3.63, 3.8) is 0 Å². The predicted octanol–water partition coefficient (Wildman–Crippen LogP) is 4.18. The molecule has 4 nitrogen and oxygen atoms in total. The highest BCUT2D eigenvalue weighted by Gasteiger charge is 2.24. The Morgan fingerprint density at radius 3 is 2.75 bits per heavy atom. The highest BCUT2D eigenvalue weighted by molar-refractivity contribution is 7.99. The molecule has 1 aliphatic rings. The van der Waals surface area contributed by atoms with E-state index in [1.165, 1.54) is 16.0 Å². The number of hydrogen-bond acceptors (Lipinski definition) is 4. The topological polar surface area (TPSA) is 61.4 Å². The second kappa shape index (κ2) is 7.18. The van der Waals surface area contributed by atoms with Crippen LogP contribution < -0.4 is 10.6 Å². The molecule has 0 amide bonds. The van der Waals surface area contributed by atoms with Gasteiger partial charge in [-0.2, -0.15) is 0 Å². The quantitative estimate of drug-likeness (QED) is 0.735. The van der Waals surface area contributed by atoms with Gasteiger partial charge >= 0.3 is 5.97 Å². The fourth-order valence-electron chi connectivity index (χ4n) is 3.03. The zero-order chi connectivity index (χ0) is 17.1. The van der Waals surface area contributed by atoms with Crippen molar-refractivity contribution in [3.05, 3.63) is 53.6 Å². The van der Waals surface area contributed by atoms with Crippen molar-refractivity contribution >= 4 is 29.1 Å². The maximum Gasteiger partial charge on any atom is 0.325 e. The number of carbonyl (C=O) groups is 1. The van der Waals surface area contributed by atoms with Crippen LogP contribution in [0.2, 0.25) is 0 Å². The van der Waals surface area contributed by atoms with Crippen molar-refractivity contribution in [2.75, 3.05) is 22.9 Å². The number of fused-ring (bicyclic) bond motifs is 1. The second-order valence-electron chi connectivity index (χ2n) is 6.13. The molecule has 0 saturated carbocycles. The van der Waals surface area contributed by atoms with E-state index in [2.05, 4.69) is 35.8 Å². The normalized spacial score (nSPS) is 17.2. The molecule has 126 valence electrons. The van der Waals surface area contributed by atoms with E-state index in [9.17, 15) is 4.79 Å². The zero-order valence-corrected chi connectivity index (χ0v) is 14.7. The third-order valence-electron chi connectivity index (χ3n) is 4.34. The number of nitrogens with one attached hydrogen (secondary N) is 2. The molecule has 0 bridgehead atoms. The minimum absolute atomic E-state index is 0.469. The van der Waals surface area contributed by atoms with E-state index in [1.54, 1.807) is 6.92 Å². The molecule has 0 spiro atoms. The number of hydrogen-bond donors (Lipinski definition) is 3. The lowest BCUT2D eigenvalue weighted by molar-refractivity contribution is -0.137. The molecule has 3 rings (SSSR count). The summed E-state index contributed by atoms with van der Waals surface area (Å²) < 4.78 is 0. The fourth-order valence-corrected chi connectivity index (χ4v) is 4.35. The van der Waals surface area contributed by atoms with Crippen molar-refractivity contribution in [2.24, 2.45) is 0 Å². The van der Waals surface area contributed by atoms with Crippen molar-refractivity contribution in [3.8, 4) is 0 Å². The van der Waals surface area contributed by atoms with Gasteiger partial charge in [-0.3, -0.25) is 4.79 Å². The zero-order valence-electron chi connectivity index (χ0n) is 13.9. The monoisotopic (exact) mass is 342 g/mol. The molecule has 1 unspecified atom stereocenters. The number of aryl methyl sites for hydroxylation is 1. The van der Waals surface area contributed by atoms with Crippen LogP contribution in [0.5, 0.6) is 0 Å². The molecular formula is C19H22N2O2S. The first-order chi connectivity index (χ1) is 11.6. The molecule has 1 aliphatic heterocycles. The van der Waals surface area contributed by atoms with Crippen molar-refractivity contribution in [1.29, 1.82) is 0 Å². The Balaban J connectivity index is 1.72. The first kappa shape index (κ1) is 16.7. The maximum absolute atomic E-state index is 11.1. The molecule has 3 N–H and O–H groups in total. The minimum Gasteiger partial charge on any atom is -0.480 e. The average Bonchev–Trinajstić information content (AvgIpc) is 2.98. The molecular weight excluding hydrogens is 320 g/mol. The predicted molar refractivity (Wildman–Crippen MR) is 100 cm³/mol. The van der Waals surface area contributed by atoms with E-state index < -0.39 is 12.0 Å². The molecule has 0 aliphatic carbocycles. The number of anilines is 2. The maximum atomic E-state index is 11.1. The van der Waals surface area contributed by atoms with Gasteiger partial charge < -0.3 is 15.7 Å². The third-order valence-corrected chi connectivity index (χ3v) is 5.58. The first-order valence-corrected chi connectivity index (χ1v) is 9.09. The summed E-state index contributed by atoms with van der Waals surface area (Å²) in [6.45, 7) is 4.65. The molecule has 0 radical (unpaired) electrons. The van der Waals surface area contributed by atoms with Crippen LogP contribution in [-0.4, -0.2) is 29.4 Å². The lowest BCUT2D eigenvalue weighted by atomic mass is 9.96. The highest BCUT2D eigenvalue weighted by atomic mass is 32.2. The Hall–Kier alpha value is -2.14. The van der Waals surface area contributed by atoms with Crippen LogP contribution in [0, 0.1) is 6.92 Å². The lowest BCUT2D eigenvalue weighted by Crippen LogP contribution is -2.26. The highest BCUT2D eigenvalue weighted by Crippen LogP contribution is 2.41. The minimum atomic E-state index is -0.860. The van der Waals surface area contributed by atoms with Gasteiger partial charge in [0.05, 0.1) is 11.4 Å². The van der Waals surface area contributed by atoms with E-state index >= 15 is 0 Å². The summed E-state index contributed by atoms with van der Waals surface area (Å²) in [6.07, 6.45) is 0. The Kier molecular flexibility index (Phi) is 5.00. The Morgan fingerprint density at radius 2 is 2.00 bits per heavy atom. The van der Waals surface area contributed by atoms with Gasteiger partial charge in [-0.15, -0.1) is 11.8 Å². The van der Waals surface area contributed by atoms with Crippen LogP contribution >= 0.6 is 11.8 Å². The number of aliphatic carboxylic acids is 1. The number of thioether (sulfide) groups is 1. The summed E-state index contributed by atoms with van der Waals surface area (Å²) >= 11 is 1.91. The van der Waals surface area contributed by atoms with Crippen LogP contribution in [0.1, 0.15) is 24.0 Å². The summed E-state index contributed by atoms with van der Waals surface area (Å²) in [6, 6.07) is 13.6. The SMILES string of the molecule is Cc1cccc2c1C(CNc1ccccc1N[C@@H](C)C(=O)O)CS2. The van der Waals surface area contributed by atoms with Gasteiger partial charge in [0.25, 0.3) is 0 Å². The largest absolute Gasteiger partial charge is 0.480 e. The van der Waals surface area contributed by atoms with Crippen molar-refractivity contribution < 1.29 is 9.90 Å². The van der Waals surface area contributed by atoms with E-state index in [-0.39, 0.29) is 0 Å². The molecule has 2 atom stereocenters. The first-order valence-electron chi connectivity index (χ1n) is 8.11. The van der Waals surface area contributed by atoms with Gasteiger partial charge in [0.1, 0.15) is 6.04 Å². The number of carboxylic acids is 1. The van der Waals surface area contributed by atoms with E-state index in [1.807, 2.05) is 36.0 Å². The second-order valence-corrected chi connectivity index (χ2v) is 7.19. The van der Waals surface area contributed by atoms with Gasteiger partial charge in [-0.05, 0) is 43.2 Å². The molecule has 2 aromatic carbocycles. The van der Waals surface area contributed by atoms with E-state index in [4.69, 9.17) is 5.11 Å². The lowest BCUT2D eigenvalue weighted by Gasteiger charge is -2.19. The molecule has 1 heterocycles. The van der Waals surface area contributed by atoms with Crippen molar-refractivity contribution in [1.82, 2.24) is 0 Å². The molecule has 0 aromatic heterocycles. The van der Waals surface area contributed by atoms with Crippen molar-refractivity contribution in [2.45, 2.75) is 30.7 Å². The Bertz CT molecular complexity index is 748. The van der Waals surface area contributed by atoms with Gasteiger partial charge in [0.2, 0.25) is 0 Å². The number of rotatable bonds is 6. The van der Waals surface area contributed by atoms with Gasteiger partial charge in [-0.1, -0.05) is 24.3 Å². The van der Waals surface area contributed by atoms with E-state index in [0.717, 1.165) is 23.7 Å². The fraction of sp³-hybridized carbons (Fsp3) is 0.316. The number of benzene rings is 2. The van der Waals surface area contributed by atoms with Gasteiger partial charge in [0.15, 0.2) is 0 Å². The van der Waals surface area contributed by atoms with Crippen LogP contribution in [0.3, 0.4) is 0 Å². The molecule has 5 heteroatoms. The third kappa shape index (κ3) is 3.51. The smallest absolute Gasteiger partial charge is 0.325 e. The van der Waals surface area contributed by atoms with Crippen LogP contribution in [0.4, 0.5) is 11.4 Å². The molecule has 0 saturated heterocycles. The van der Waals surface area contributed by atoms with E-state index in [0.29, 0.717) is 5.92 Å². The Morgan fingerprint density at radius 1 is 1.25 bits per heavy atom. The van der Waals surface area contributed by atoms with Crippen LogP contribution in [0.25, 0.3) is 0 Å². The summed E-state index contributed by atoms with van der Waals surface area (Å²) in [5, 5.41) is 15.6. The summed E-state index contributed by atoms with van der Waals surface area (Å²) in [5.41, 5.74) is 4.55. The molecule has 0 fully saturated rings. The molecule has 2 aromatic rings. The van der Waals surface area contributed by atoms with Gasteiger partial charge in [-0.25, -0.2) is 0 Å². The summed E-state index contributed by atoms with van der Waals surface area (Å²) in [4.78, 5) is 12.5. The average molecular weight is 342 g/mol. The standard InChI is InChI=1S/C19H22N2O2S/c1-12-6-5-9-17-18(12)14(11-24-17)10-20-15-7-3-4-8-16(15)21-13(2)19(22)23/h3-9,13-14,20-21H,10-11H2,1-2H3,(H,22,23)/t13-,14?/m0/s1. The summed E-state index contributed by atoms with van der Waals surface area (Å²) in [5.74, 6) is 0.687. The Labute approximate surface area is 146 Å². The van der Waals surface area contributed by atoms with Crippen LogP contribution in [0.15, 0.2) is 47.4 Å².